The lowest BCUT2D eigenvalue weighted by Crippen LogP contribution is -2.17. The van der Waals surface area contributed by atoms with Crippen molar-refractivity contribution in [3.63, 3.8) is 0 Å². The van der Waals surface area contributed by atoms with Crippen LogP contribution in [0.2, 0.25) is 0 Å². The zero-order valence-electron chi connectivity index (χ0n) is 12.7. The summed E-state index contributed by atoms with van der Waals surface area (Å²) in [7, 11) is -3.77. The molecule has 22 heavy (non-hydrogen) atoms. The van der Waals surface area contributed by atoms with Gasteiger partial charge in [-0.1, -0.05) is 17.7 Å². The van der Waals surface area contributed by atoms with E-state index in [4.69, 9.17) is 4.18 Å². The second-order valence-corrected chi connectivity index (χ2v) is 7.94. The topological polar surface area (TPSA) is 60.4 Å². The maximum Gasteiger partial charge on any atom is 0.297 e. The lowest BCUT2D eigenvalue weighted by molar-refractivity contribution is 0.102. The molecule has 0 radical (unpaired) electrons. The molecule has 0 saturated carbocycles. The lowest BCUT2D eigenvalue weighted by atomic mass is 10.2. The molecule has 4 nitrogen and oxygen atoms in total. The van der Waals surface area contributed by atoms with E-state index in [1.807, 2.05) is 13.0 Å². The van der Waals surface area contributed by atoms with Gasteiger partial charge in [0, 0.05) is 11.3 Å². The van der Waals surface area contributed by atoms with E-state index in [9.17, 15) is 13.2 Å². The largest absolute Gasteiger partial charge is 0.297 e. The summed E-state index contributed by atoms with van der Waals surface area (Å²) in [6, 6.07) is 10.1. The Hall–Kier alpha value is -1.50. The molecule has 0 unspecified atom stereocenters. The first-order valence-corrected chi connectivity index (χ1v) is 9.10. The van der Waals surface area contributed by atoms with Gasteiger partial charge in [0.25, 0.3) is 10.1 Å². The van der Waals surface area contributed by atoms with Gasteiger partial charge in [-0.05, 0) is 45.0 Å². The van der Waals surface area contributed by atoms with Crippen molar-refractivity contribution in [2.75, 3.05) is 0 Å². The number of thiophene rings is 1. The van der Waals surface area contributed by atoms with Gasteiger partial charge in [0.15, 0.2) is 5.78 Å². The number of rotatable bonds is 6. The van der Waals surface area contributed by atoms with Crippen LogP contribution >= 0.6 is 11.3 Å². The average Bonchev–Trinajstić information content (AvgIpc) is 2.87. The smallest absolute Gasteiger partial charge is 0.294 e. The van der Waals surface area contributed by atoms with Crippen LogP contribution in [0.4, 0.5) is 0 Å². The Bertz CT molecular complexity index is 758. The van der Waals surface area contributed by atoms with Crippen molar-refractivity contribution < 1.29 is 17.4 Å². The molecule has 2 rings (SSSR count). The van der Waals surface area contributed by atoms with Gasteiger partial charge in [-0.2, -0.15) is 8.42 Å². The minimum Gasteiger partial charge on any atom is -0.294 e. The third kappa shape index (κ3) is 4.25. The Morgan fingerprint density at radius 1 is 1.18 bits per heavy atom. The van der Waals surface area contributed by atoms with Crippen LogP contribution in [0.3, 0.4) is 0 Å². The van der Waals surface area contributed by atoms with Gasteiger partial charge in [-0.15, -0.1) is 11.3 Å². The van der Waals surface area contributed by atoms with Crippen LogP contribution in [0.5, 0.6) is 0 Å². The van der Waals surface area contributed by atoms with Gasteiger partial charge in [-0.25, -0.2) is 0 Å². The first kappa shape index (κ1) is 16.9. The first-order valence-electron chi connectivity index (χ1n) is 6.87. The van der Waals surface area contributed by atoms with Gasteiger partial charge >= 0.3 is 0 Å². The van der Waals surface area contributed by atoms with Gasteiger partial charge in [0.1, 0.15) is 0 Å². The number of benzene rings is 1. The van der Waals surface area contributed by atoms with Crippen molar-refractivity contribution in [1.82, 2.24) is 0 Å². The molecule has 0 spiro atoms. The molecule has 0 fully saturated rings. The average molecular weight is 338 g/mol. The molecule has 0 amide bonds. The predicted octanol–water partition coefficient (Wildman–Crippen LogP) is 3.60. The van der Waals surface area contributed by atoms with Gasteiger partial charge in [-0.3, -0.25) is 8.98 Å². The van der Waals surface area contributed by atoms with Crippen LogP contribution < -0.4 is 0 Å². The SMILES string of the molecule is CC(=O)c1ccc(C[C@@H](C)OS(=O)(=O)c2ccc(C)cc2)s1. The van der Waals surface area contributed by atoms with Crippen molar-refractivity contribution in [3.8, 4) is 0 Å². The van der Waals surface area contributed by atoms with E-state index >= 15 is 0 Å². The number of hydrogen-bond donors (Lipinski definition) is 0. The maximum absolute atomic E-state index is 12.2. The number of ketones is 1. The number of hydrogen-bond acceptors (Lipinski definition) is 5. The van der Waals surface area contributed by atoms with Crippen molar-refractivity contribution in [3.05, 3.63) is 51.7 Å². The zero-order valence-corrected chi connectivity index (χ0v) is 14.3. The van der Waals surface area contributed by atoms with Crippen LogP contribution in [0.25, 0.3) is 0 Å². The van der Waals surface area contributed by atoms with Crippen LogP contribution in [-0.2, 0) is 20.7 Å². The van der Waals surface area contributed by atoms with Crippen LogP contribution in [0.1, 0.15) is 34.0 Å². The molecule has 1 heterocycles. The van der Waals surface area contributed by atoms with E-state index in [1.165, 1.54) is 30.4 Å². The Balaban J connectivity index is 2.05. The number of aryl methyl sites for hydroxylation is 1. The number of Topliss-reactive ketones (excluding diaryl/α,β-unsaturated/α-hetero) is 1. The number of carbonyl (C=O) groups excluding carboxylic acids is 1. The number of carbonyl (C=O) groups is 1. The van der Waals surface area contributed by atoms with Crippen LogP contribution in [-0.4, -0.2) is 20.3 Å². The highest BCUT2D eigenvalue weighted by molar-refractivity contribution is 7.86. The van der Waals surface area contributed by atoms with Crippen LogP contribution in [0, 0.1) is 6.92 Å². The molecule has 1 aromatic heterocycles. The highest BCUT2D eigenvalue weighted by Crippen LogP contribution is 2.21. The predicted molar refractivity (Wildman–Crippen MR) is 86.9 cm³/mol. The molecule has 0 saturated heterocycles. The van der Waals surface area contributed by atoms with E-state index < -0.39 is 16.2 Å². The second-order valence-electron chi connectivity index (χ2n) is 5.20. The third-order valence-electron chi connectivity index (χ3n) is 3.10. The molecule has 6 heteroatoms. The van der Waals surface area contributed by atoms with E-state index in [-0.39, 0.29) is 10.7 Å². The normalized spacial score (nSPS) is 13.0. The standard InChI is InChI=1S/C16H18O4S2/c1-11-4-7-15(8-5-11)22(18,19)20-12(2)10-14-6-9-16(21-14)13(3)17/h4-9,12H,10H2,1-3H3/t12-/m1/s1. The zero-order chi connectivity index (χ0) is 16.3. The van der Waals surface area contributed by atoms with Crippen molar-refractivity contribution in [1.29, 1.82) is 0 Å². The first-order chi connectivity index (χ1) is 10.3. The molecule has 0 aliphatic heterocycles. The van der Waals surface area contributed by atoms with Gasteiger partial charge in [0.05, 0.1) is 15.9 Å². The molecular formula is C16H18O4S2. The minimum absolute atomic E-state index is 0.0112. The highest BCUT2D eigenvalue weighted by atomic mass is 32.2. The molecule has 118 valence electrons. The molecule has 0 aliphatic rings. The Morgan fingerprint density at radius 3 is 2.36 bits per heavy atom. The lowest BCUT2D eigenvalue weighted by Gasteiger charge is -2.12. The maximum atomic E-state index is 12.2. The minimum atomic E-state index is -3.77. The van der Waals surface area contributed by atoms with Gasteiger partial charge in [0.2, 0.25) is 0 Å². The highest BCUT2D eigenvalue weighted by Gasteiger charge is 2.19. The molecular weight excluding hydrogens is 320 g/mol. The third-order valence-corrected chi connectivity index (χ3v) is 5.74. The van der Waals surface area contributed by atoms with E-state index in [2.05, 4.69) is 0 Å². The molecule has 1 atom stereocenters. The Morgan fingerprint density at radius 2 is 1.82 bits per heavy atom. The monoisotopic (exact) mass is 338 g/mol. The fourth-order valence-electron chi connectivity index (χ4n) is 1.97. The Kier molecular flexibility index (Phi) is 5.16. The summed E-state index contributed by atoms with van der Waals surface area (Å²) in [6.45, 7) is 5.11. The summed E-state index contributed by atoms with van der Waals surface area (Å²) in [5.74, 6) is 0.0112. The molecule has 1 aromatic carbocycles. The summed E-state index contributed by atoms with van der Waals surface area (Å²) in [5.41, 5.74) is 0.988. The fourth-order valence-corrected chi connectivity index (χ4v) is 4.07. The van der Waals surface area contributed by atoms with E-state index in [1.54, 1.807) is 25.1 Å². The molecule has 0 aliphatic carbocycles. The van der Waals surface area contributed by atoms with Crippen molar-refractivity contribution >= 4 is 27.2 Å². The van der Waals surface area contributed by atoms with Gasteiger partial charge < -0.3 is 0 Å². The van der Waals surface area contributed by atoms with Crippen molar-refractivity contribution in [2.45, 2.75) is 38.2 Å². The molecule has 0 bridgehead atoms. The molecule has 2 aromatic rings. The van der Waals surface area contributed by atoms with Crippen LogP contribution in [0.15, 0.2) is 41.3 Å². The summed E-state index contributed by atoms with van der Waals surface area (Å²) in [5, 5.41) is 0. The summed E-state index contributed by atoms with van der Waals surface area (Å²) < 4.78 is 29.6. The fraction of sp³-hybridized carbons (Fsp3) is 0.312. The van der Waals surface area contributed by atoms with E-state index in [0.717, 1.165) is 10.4 Å². The van der Waals surface area contributed by atoms with E-state index in [0.29, 0.717) is 11.3 Å². The molecule has 0 N–H and O–H groups in total. The summed E-state index contributed by atoms with van der Waals surface area (Å²) >= 11 is 1.37. The quantitative estimate of drug-likeness (QED) is 0.596. The van der Waals surface area contributed by atoms with Crippen molar-refractivity contribution in [2.24, 2.45) is 0 Å². The summed E-state index contributed by atoms with van der Waals surface area (Å²) in [6.07, 6.45) is -0.0481. The second kappa shape index (κ2) is 6.73. The summed E-state index contributed by atoms with van der Waals surface area (Å²) in [4.78, 5) is 13.0. The Labute approximate surface area is 134 Å².